The molecule has 1 aliphatic rings. The van der Waals surface area contributed by atoms with Gasteiger partial charge in [0.15, 0.2) is 0 Å². The Kier molecular flexibility index (Phi) is 3.44. The lowest BCUT2D eigenvalue weighted by Gasteiger charge is -2.18. The van der Waals surface area contributed by atoms with Crippen LogP contribution in [0.4, 0.5) is 8.78 Å². The smallest absolute Gasteiger partial charge is 0.250 e. The molecule has 72 valence electrons. The summed E-state index contributed by atoms with van der Waals surface area (Å²) in [5.41, 5.74) is 0. The van der Waals surface area contributed by atoms with E-state index in [2.05, 4.69) is 0 Å². The van der Waals surface area contributed by atoms with Crippen molar-refractivity contribution in [3.05, 3.63) is 0 Å². The summed E-state index contributed by atoms with van der Waals surface area (Å²) in [5.74, 6) is -2.43. The second-order valence-electron chi connectivity index (χ2n) is 3.68. The van der Waals surface area contributed by atoms with Gasteiger partial charge in [-0.2, -0.15) is 0 Å². The number of rotatable bonds is 4. The lowest BCUT2D eigenvalue weighted by Crippen LogP contribution is -2.21. The number of hydrogen-bond donors (Lipinski definition) is 1. The van der Waals surface area contributed by atoms with Crippen LogP contribution in [-0.2, 0) is 0 Å². The minimum absolute atomic E-state index is 0.0203. The molecule has 0 spiro atoms. The fourth-order valence-electron chi connectivity index (χ4n) is 1.90. The van der Waals surface area contributed by atoms with Crippen LogP contribution in [0.25, 0.3) is 0 Å². The van der Waals surface area contributed by atoms with Gasteiger partial charge in [0.05, 0.1) is 0 Å². The molecule has 0 atom stereocenters. The van der Waals surface area contributed by atoms with Crippen molar-refractivity contribution in [1.82, 2.24) is 0 Å². The molecule has 0 amide bonds. The number of alkyl halides is 2. The van der Waals surface area contributed by atoms with E-state index in [1.54, 1.807) is 0 Å². The van der Waals surface area contributed by atoms with Gasteiger partial charge in [-0.25, -0.2) is 8.78 Å². The molecule has 0 aromatic rings. The summed E-state index contributed by atoms with van der Waals surface area (Å²) in [4.78, 5) is 0. The first-order valence-corrected chi connectivity index (χ1v) is 4.63. The second-order valence-corrected chi connectivity index (χ2v) is 3.68. The number of aliphatic hydroxyl groups is 1. The Balaban J connectivity index is 2.27. The Bertz CT molecular complexity index is 130. The Labute approximate surface area is 71.8 Å². The highest BCUT2D eigenvalue weighted by Gasteiger charge is 2.32. The van der Waals surface area contributed by atoms with E-state index < -0.39 is 12.5 Å². The average molecular weight is 178 g/mol. The van der Waals surface area contributed by atoms with E-state index in [9.17, 15) is 8.78 Å². The first-order valence-electron chi connectivity index (χ1n) is 4.63. The van der Waals surface area contributed by atoms with Crippen LogP contribution >= 0.6 is 0 Å². The van der Waals surface area contributed by atoms with Gasteiger partial charge in [-0.3, -0.25) is 0 Å². The van der Waals surface area contributed by atoms with Crippen LogP contribution in [0, 0.1) is 5.92 Å². The molecule has 3 heteroatoms. The SMILES string of the molecule is OCCC(F)(F)CC1CCCC1. The van der Waals surface area contributed by atoms with E-state index >= 15 is 0 Å². The minimum atomic E-state index is -2.64. The Morgan fingerprint density at radius 2 is 1.83 bits per heavy atom. The third kappa shape index (κ3) is 3.05. The summed E-state index contributed by atoms with van der Waals surface area (Å²) in [5, 5.41) is 8.40. The topological polar surface area (TPSA) is 20.2 Å². The predicted molar refractivity (Wildman–Crippen MR) is 43.2 cm³/mol. The monoisotopic (exact) mass is 178 g/mol. The molecule has 0 heterocycles. The molecular formula is C9H16F2O. The molecule has 0 bridgehead atoms. The number of halogens is 2. The molecule has 1 nitrogen and oxygen atoms in total. The van der Waals surface area contributed by atoms with E-state index in [4.69, 9.17) is 5.11 Å². The van der Waals surface area contributed by atoms with Crippen LogP contribution in [0.2, 0.25) is 0 Å². The zero-order valence-electron chi connectivity index (χ0n) is 7.23. The van der Waals surface area contributed by atoms with Crippen LogP contribution in [0.5, 0.6) is 0 Å². The summed E-state index contributed by atoms with van der Waals surface area (Å²) in [7, 11) is 0. The molecule has 12 heavy (non-hydrogen) atoms. The second kappa shape index (κ2) is 4.17. The molecule has 1 fully saturated rings. The minimum Gasteiger partial charge on any atom is -0.396 e. The van der Waals surface area contributed by atoms with E-state index in [1.807, 2.05) is 0 Å². The van der Waals surface area contributed by atoms with E-state index in [-0.39, 0.29) is 18.8 Å². The zero-order valence-corrected chi connectivity index (χ0v) is 7.23. The maximum atomic E-state index is 12.9. The van der Waals surface area contributed by atoms with E-state index in [0.717, 1.165) is 25.7 Å². The molecule has 0 aromatic carbocycles. The summed E-state index contributed by atoms with van der Waals surface area (Å²) in [6, 6.07) is 0. The van der Waals surface area contributed by atoms with Gasteiger partial charge in [0.25, 0.3) is 5.92 Å². The van der Waals surface area contributed by atoms with Crippen molar-refractivity contribution in [1.29, 1.82) is 0 Å². The van der Waals surface area contributed by atoms with Crippen molar-refractivity contribution in [2.45, 2.75) is 44.4 Å². The lowest BCUT2D eigenvalue weighted by atomic mass is 9.98. The number of aliphatic hydroxyl groups excluding tert-OH is 1. The van der Waals surface area contributed by atoms with Crippen molar-refractivity contribution in [3.63, 3.8) is 0 Å². The maximum Gasteiger partial charge on any atom is 0.250 e. The summed E-state index contributed by atoms with van der Waals surface area (Å²) >= 11 is 0. The van der Waals surface area contributed by atoms with Crippen molar-refractivity contribution in [2.24, 2.45) is 5.92 Å². The van der Waals surface area contributed by atoms with Crippen LogP contribution in [0.15, 0.2) is 0 Å². The first-order chi connectivity index (χ1) is 5.64. The molecule has 1 rings (SSSR count). The van der Waals surface area contributed by atoms with Crippen molar-refractivity contribution < 1.29 is 13.9 Å². The molecule has 0 unspecified atom stereocenters. The Morgan fingerprint density at radius 3 is 2.33 bits per heavy atom. The molecule has 0 aromatic heterocycles. The largest absolute Gasteiger partial charge is 0.396 e. The normalized spacial score (nSPS) is 20.2. The van der Waals surface area contributed by atoms with Crippen LogP contribution in [-0.4, -0.2) is 17.6 Å². The maximum absolute atomic E-state index is 12.9. The third-order valence-electron chi connectivity index (χ3n) is 2.54. The van der Waals surface area contributed by atoms with Gasteiger partial charge in [-0.1, -0.05) is 25.7 Å². The molecule has 0 saturated heterocycles. The van der Waals surface area contributed by atoms with Gasteiger partial charge in [-0.15, -0.1) is 0 Å². The third-order valence-corrected chi connectivity index (χ3v) is 2.54. The average Bonchev–Trinajstić information content (AvgIpc) is 2.38. The van der Waals surface area contributed by atoms with Gasteiger partial charge in [0.2, 0.25) is 0 Å². The van der Waals surface area contributed by atoms with Crippen LogP contribution < -0.4 is 0 Å². The molecule has 0 radical (unpaired) electrons. The van der Waals surface area contributed by atoms with Gasteiger partial charge in [-0.05, 0) is 5.92 Å². The van der Waals surface area contributed by atoms with E-state index in [0.29, 0.717) is 0 Å². The highest BCUT2D eigenvalue weighted by Crippen LogP contribution is 2.35. The Morgan fingerprint density at radius 1 is 1.25 bits per heavy atom. The van der Waals surface area contributed by atoms with E-state index in [1.165, 1.54) is 0 Å². The van der Waals surface area contributed by atoms with Gasteiger partial charge < -0.3 is 5.11 Å². The van der Waals surface area contributed by atoms with Crippen LogP contribution in [0.1, 0.15) is 38.5 Å². The molecular weight excluding hydrogens is 162 g/mol. The quantitative estimate of drug-likeness (QED) is 0.701. The summed E-state index contributed by atoms with van der Waals surface area (Å²) in [6.45, 7) is -0.403. The fraction of sp³-hybridized carbons (Fsp3) is 1.00. The fourth-order valence-corrected chi connectivity index (χ4v) is 1.90. The first kappa shape index (κ1) is 9.90. The zero-order chi connectivity index (χ0) is 9.03. The summed E-state index contributed by atoms with van der Waals surface area (Å²) < 4.78 is 25.8. The summed E-state index contributed by atoms with van der Waals surface area (Å²) in [6.07, 6.45) is 3.69. The standard InChI is InChI=1S/C9H16F2O/c10-9(11,5-6-12)7-8-3-1-2-4-8/h8,12H,1-7H2. The van der Waals surface area contributed by atoms with Crippen molar-refractivity contribution in [3.8, 4) is 0 Å². The molecule has 1 saturated carbocycles. The van der Waals surface area contributed by atoms with Gasteiger partial charge in [0, 0.05) is 19.4 Å². The van der Waals surface area contributed by atoms with Gasteiger partial charge in [0.1, 0.15) is 0 Å². The molecule has 0 aliphatic heterocycles. The number of hydrogen-bond acceptors (Lipinski definition) is 1. The molecule has 1 aliphatic carbocycles. The van der Waals surface area contributed by atoms with Crippen molar-refractivity contribution >= 4 is 0 Å². The highest BCUT2D eigenvalue weighted by molar-refractivity contribution is 4.75. The molecule has 1 N–H and O–H groups in total. The Hall–Kier alpha value is -0.180. The van der Waals surface area contributed by atoms with Crippen LogP contribution in [0.3, 0.4) is 0 Å². The van der Waals surface area contributed by atoms with Crippen molar-refractivity contribution in [2.75, 3.05) is 6.61 Å². The predicted octanol–water partition coefficient (Wildman–Crippen LogP) is 2.58. The highest BCUT2D eigenvalue weighted by atomic mass is 19.3. The lowest BCUT2D eigenvalue weighted by molar-refractivity contribution is -0.0416. The van der Waals surface area contributed by atoms with Gasteiger partial charge >= 0.3 is 0 Å².